The largest absolute Gasteiger partial charge is 0.472 e. The van der Waals surface area contributed by atoms with Gasteiger partial charge in [0.25, 0.3) is 0 Å². The first-order valence-electron chi connectivity index (χ1n) is 37.9. The maximum Gasteiger partial charge on any atom is 0.472 e. The zero-order valence-electron chi connectivity index (χ0n) is 59.5. The van der Waals surface area contributed by atoms with Gasteiger partial charge in [-0.1, -0.05) is 239 Å². The van der Waals surface area contributed by atoms with Gasteiger partial charge in [0.05, 0.1) is 13.2 Å². The summed E-state index contributed by atoms with van der Waals surface area (Å²) < 4.78 is 65.0. The van der Waals surface area contributed by atoms with E-state index < -0.39 is 156 Å². The van der Waals surface area contributed by atoms with Gasteiger partial charge in [0.15, 0.2) is 18.7 Å². The fraction of sp³-hybridized carbons (Fsp3) is 0.931. The number of phosphoric acid groups is 1. The second-order valence-corrected chi connectivity index (χ2v) is 29.0. The van der Waals surface area contributed by atoms with Gasteiger partial charge >= 0.3 is 25.7 Å². The fourth-order valence-electron chi connectivity index (χ4n) is 12.6. The van der Waals surface area contributed by atoms with Crippen molar-refractivity contribution in [2.75, 3.05) is 26.4 Å². The Bertz CT molecular complexity index is 2080. The maximum atomic E-state index is 14.3. The molecule has 1 aliphatic carbocycles. The molecule has 0 radical (unpaired) electrons. The van der Waals surface area contributed by atoms with E-state index in [9.17, 15) is 74.9 Å². The highest BCUT2D eigenvalue weighted by atomic mass is 31.2. The van der Waals surface area contributed by atoms with Crippen molar-refractivity contribution in [1.29, 1.82) is 0 Å². The predicted octanol–water partition coefficient (Wildman–Crippen LogP) is 10.2. The summed E-state index contributed by atoms with van der Waals surface area (Å²) in [5, 5.41) is 110. The number of esters is 3. The molecule has 0 aromatic rings. The van der Waals surface area contributed by atoms with Crippen molar-refractivity contribution < 1.29 is 117 Å². The van der Waals surface area contributed by atoms with Crippen LogP contribution in [-0.2, 0) is 61.2 Å². The highest BCUT2D eigenvalue weighted by Gasteiger charge is 2.58. The summed E-state index contributed by atoms with van der Waals surface area (Å²) in [5.74, 6) is -1.31. The molecule has 0 aromatic heterocycles. The van der Waals surface area contributed by atoms with E-state index in [1.165, 1.54) is 128 Å². The molecule has 19 atom stereocenters. The second kappa shape index (κ2) is 53.5. The molecule has 0 spiro atoms. The fourth-order valence-corrected chi connectivity index (χ4v) is 13.6. The minimum Gasteiger partial charge on any atom is -0.463 e. The molecule has 2 saturated heterocycles. The molecule has 24 nitrogen and oxygen atoms in total. The van der Waals surface area contributed by atoms with E-state index in [4.69, 9.17) is 42.2 Å². The summed E-state index contributed by atoms with van der Waals surface area (Å²) in [7, 11) is -5.70. The average molecular weight is 1410 g/mol. The van der Waals surface area contributed by atoms with Crippen LogP contribution in [0.3, 0.4) is 0 Å². The Labute approximate surface area is 580 Å². The van der Waals surface area contributed by atoms with E-state index in [2.05, 4.69) is 39.8 Å². The van der Waals surface area contributed by atoms with Crippen molar-refractivity contribution in [3.63, 3.8) is 0 Å². The van der Waals surface area contributed by atoms with Crippen LogP contribution < -0.4 is 0 Å². The number of carbonyl (C=O) groups is 3. The number of carbonyl (C=O) groups excluding carboxylic acids is 3. The minimum absolute atomic E-state index is 0.0272. The van der Waals surface area contributed by atoms with Crippen LogP contribution in [0.5, 0.6) is 0 Å². The molecule has 0 bridgehead atoms. The molecule has 25 heteroatoms. The highest BCUT2D eigenvalue weighted by Crippen LogP contribution is 2.49. The van der Waals surface area contributed by atoms with Gasteiger partial charge in [0.2, 0.25) is 0 Å². The van der Waals surface area contributed by atoms with Crippen molar-refractivity contribution >= 4 is 25.7 Å². The number of aliphatic hydroxyl groups is 10. The molecular weight excluding hydrogens is 1280 g/mol. The molecule has 570 valence electrons. The van der Waals surface area contributed by atoms with E-state index in [1.54, 1.807) is 0 Å². The van der Waals surface area contributed by atoms with Crippen LogP contribution in [0, 0.1) is 5.92 Å². The lowest BCUT2D eigenvalue weighted by Crippen LogP contribution is -2.69. The van der Waals surface area contributed by atoms with Crippen LogP contribution in [0.15, 0.2) is 12.2 Å². The molecule has 3 aliphatic rings. The summed E-state index contributed by atoms with van der Waals surface area (Å²) in [6.07, 6.45) is 10.0. The molecule has 0 aromatic carbocycles. The monoisotopic (exact) mass is 1410 g/mol. The lowest BCUT2D eigenvalue weighted by Gasteiger charge is -2.49. The summed E-state index contributed by atoms with van der Waals surface area (Å²) >= 11 is 0. The standard InChI is InChI=1S/C72H133O24P/c1-5-8-11-14-17-19-21-23-25-27-29-35-40-45-56(74)88-49-53(91-58(76)47-42-37-30-28-26-24-22-20-18-15-12-9-6-2)50-90-97(86,87)96-70-68(94-71-66(84)61(79)59(77)54(48-73)92-71)64(82)63(81)65(83)69(70)95-72-67(85)62(80)60(78)55(93-72)51-89-57(75)46-41-36-32-31-34-39-44-52(4)43-38-33-16-13-10-7-3/h23,25,52-55,59-73,77-85H,5-22,24,26-51H2,1-4H3,(H,86,87)/b25-23-. The molecule has 11 N–H and O–H groups in total. The van der Waals surface area contributed by atoms with E-state index >= 15 is 0 Å². The van der Waals surface area contributed by atoms with Crippen molar-refractivity contribution in [2.45, 2.75) is 395 Å². The van der Waals surface area contributed by atoms with E-state index in [0.717, 1.165) is 96.3 Å². The average Bonchev–Trinajstić information content (AvgIpc) is 0.764. The van der Waals surface area contributed by atoms with E-state index in [0.29, 0.717) is 25.2 Å². The Morgan fingerprint density at radius 2 is 0.784 bits per heavy atom. The molecule has 3 fully saturated rings. The summed E-state index contributed by atoms with van der Waals surface area (Å²) in [5.41, 5.74) is 0. The van der Waals surface area contributed by atoms with Gasteiger partial charge in [-0.15, -0.1) is 0 Å². The van der Waals surface area contributed by atoms with E-state index in [1.807, 2.05) is 0 Å². The van der Waals surface area contributed by atoms with Crippen LogP contribution in [0.2, 0.25) is 0 Å². The zero-order valence-corrected chi connectivity index (χ0v) is 60.4. The SMILES string of the molecule is CCCCCCCC/C=C\CCCCCC(=O)OCC(COP(=O)(O)OC1C(OC2OC(CO)C(O)C(O)C2O)C(O)C(O)C(O)C1OC1OC(COC(=O)CCCCCCCCC(C)CCCCCCCC)C(O)C(O)C1O)OC(=O)CCCCCCCCCCCCCCC. The van der Waals surface area contributed by atoms with Gasteiger partial charge in [-0.25, -0.2) is 4.57 Å². The number of aliphatic hydroxyl groups excluding tert-OH is 10. The molecule has 97 heavy (non-hydrogen) atoms. The quantitative estimate of drug-likeness (QED) is 0.00886. The van der Waals surface area contributed by atoms with Gasteiger partial charge in [0.1, 0.15) is 98.7 Å². The van der Waals surface area contributed by atoms with Crippen molar-refractivity contribution in [3.8, 4) is 0 Å². The van der Waals surface area contributed by atoms with Crippen LogP contribution >= 0.6 is 7.82 Å². The van der Waals surface area contributed by atoms with Crippen LogP contribution in [0.4, 0.5) is 0 Å². The molecule has 3 rings (SSSR count). The van der Waals surface area contributed by atoms with Gasteiger partial charge in [-0.3, -0.25) is 23.4 Å². The first-order chi connectivity index (χ1) is 46.7. The predicted molar refractivity (Wildman–Crippen MR) is 365 cm³/mol. The van der Waals surface area contributed by atoms with Gasteiger partial charge in [0, 0.05) is 19.3 Å². The highest BCUT2D eigenvalue weighted by molar-refractivity contribution is 7.47. The van der Waals surface area contributed by atoms with Crippen LogP contribution in [0.25, 0.3) is 0 Å². The Morgan fingerprint density at radius 1 is 0.423 bits per heavy atom. The number of unbranched alkanes of at least 4 members (excludes halogenated alkanes) is 31. The lowest BCUT2D eigenvalue weighted by atomic mass is 9.84. The molecule has 0 amide bonds. The Kier molecular flexibility index (Phi) is 49.0. The number of hydrogen-bond acceptors (Lipinski definition) is 23. The third-order valence-corrected chi connectivity index (χ3v) is 19.9. The third kappa shape index (κ3) is 37.1. The van der Waals surface area contributed by atoms with Gasteiger partial charge < -0.3 is 89.1 Å². The minimum atomic E-state index is -5.70. The Balaban J connectivity index is 1.74. The number of ether oxygens (including phenoxy) is 7. The maximum absolute atomic E-state index is 14.3. The first kappa shape index (κ1) is 88.9. The summed E-state index contributed by atoms with van der Waals surface area (Å²) in [6.45, 7) is 5.74. The lowest BCUT2D eigenvalue weighted by molar-refractivity contribution is -0.360. The molecule has 19 unspecified atom stereocenters. The van der Waals surface area contributed by atoms with Gasteiger partial charge in [-0.05, 0) is 50.9 Å². The summed E-state index contributed by atoms with van der Waals surface area (Å²) in [4.78, 5) is 51.0. The normalized spacial score (nSPS) is 28.2. The van der Waals surface area contributed by atoms with Crippen molar-refractivity contribution in [2.24, 2.45) is 5.92 Å². The number of phosphoric ester groups is 1. The molecule has 1 saturated carbocycles. The molecule has 2 aliphatic heterocycles. The Morgan fingerprint density at radius 3 is 1.23 bits per heavy atom. The first-order valence-corrected chi connectivity index (χ1v) is 39.4. The second-order valence-electron chi connectivity index (χ2n) is 27.6. The summed E-state index contributed by atoms with van der Waals surface area (Å²) in [6, 6.07) is 0. The zero-order chi connectivity index (χ0) is 71.2. The topological polar surface area (TPSA) is 374 Å². The van der Waals surface area contributed by atoms with Crippen molar-refractivity contribution in [1.82, 2.24) is 0 Å². The third-order valence-electron chi connectivity index (χ3n) is 18.9. The van der Waals surface area contributed by atoms with E-state index in [-0.39, 0.29) is 19.3 Å². The number of hydrogen-bond donors (Lipinski definition) is 11. The van der Waals surface area contributed by atoms with Crippen molar-refractivity contribution in [3.05, 3.63) is 12.2 Å². The number of rotatable bonds is 58. The van der Waals surface area contributed by atoms with Crippen LogP contribution in [-0.4, -0.2) is 204 Å². The smallest absolute Gasteiger partial charge is 0.463 e. The van der Waals surface area contributed by atoms with Crippen LogP contribution in [0.1, 0.15) is 291 Å². The Hall–Kier alpha value is -2.30. The molecular formula is C72H133O24P. The van der Waals surface area contributed by atoms with Gasteiger partial charge in [-0.2, -0.15) is 0 Å². The number of allylic oxidation sites excluding steroid dienone is 2. The molecule has 2 heterocycles.